The van der Waals surface area contributed by atoms with Crippen molar-refractivity contribution in [1.29, 1.82) is 0 Å². The zero-order valence-electron chi connectivity index (χ0n) is 9.04. The van der Waals surface area contributed by atoms with Crippen LogP contribution in [0.1, 0.15) is 11.6 Å². The molecule has 0 amide bonds. The second kappa shape index (κ2) is 5.86. The van der Waals surface area contributed by atoms with E-state index in [9.17, 15) is 0 Å². The van der Waals surface area contributed by atoms with Gasteiger partial charge in [-0.2, -0.15) is 0 Å². The number of benzene rings is 2. The molecule has 2 aromatic rings. The number of rotatable bonds is 4. The van der Waals surface area contributed by atoms with Crippen LogP contribution in [0.3, 0.4) is 0 Å². The molecule has 0 aliphatic rings. The summed E-state index contributed by atoms with van der Waals surface area (Å²) in [5.74, 6) is 0. The molecule has 82 valence electrons. The SMILES string of the molecule is N[C@@H](C[Se]c1ccccc1)c1ccccc1. The number of nitrogens with two attached hydrogens (primary N) is 1. The van der Waals surface area contributed by atoms with Crippen LogP contribution in [0.15, 0.2) is 60.7 Å². The van der Waals surface area contributed by atoms with Crippen LogP contribution < -0.4 is 10.2 Å². The molecule has 0 aliphatic heterocycles. The van der Waals surface area contributed by atoms with Gasteiger partial charge in [-0.3, -0.25) is 0 Å². The van der Waals surface area contributed by atoms with Crippen LogP contribution in [0.2, 0.25) is 5.32 Å². The number of hydrogen-bond donors (Lipinski definition) is 1. The maximum atomic E-state index is 6.16. The normalized spacial score (nSPS) is 12.3. The fraction of sp³-hybridized carbons (Fsp3) is 0.143. The van der Waals surface area contributed by atoms with Crippen LogP contribution in [-0.2, 0) is 0 Å². The van der Waals surface area contributed by atoms with Crippen molar-refractivity contribution in [3.05, 3.63) is 66.2 Å². The summed E-state index contributed by atoms with van der Waals surface area (Å²) in [4.78, 5) is 0. The van der Waals surface area contributed by atoms with E-state index < -0.39 is 0 Å². The summed E-state index contributed by atoms with van der Waals surface area (Å²) in [5.41, 5.74) is 7.39. The van der Waals surface area contributed by atoms with Crippen LogP contribution in [0.4, 0.5) is 0 Å². The van der Waals surface area contributed by atoms with Gasteiger partial charge in [0.1, 0.15) is 0 Å². The second-order valence-electron chi connectivity index (χ2n) is 3.64. The van der Waals surface area contributed by atoms with Gasteiger partial charge in [-0.25, -0.2) is 0 Å². The summed E-state index contributed by atoms with van der Waals surface area (Å²) in [6, 6.07) is 21.1. The van der Waals surface area contributed by atoms with Gasteiger partial charge in [-0.05, 0) is 0 Å². The molecule has 0 aromatic heterocycles. The Balaban J connectivity index is 1.92. The third kappa shape index (κ3) is 3.21. The predicted octanol–water partition coefficient (Wildman–Crippen LogP) is 2.13. The first-order valence-corrected chi connectivity index (χ1v) is 7.41. The van der Waals surface area contributed by atoms with Crippen molar-refractivity contribution >= 4 is 19.4 Å². The molecule has 16 heavy (non-hydrogen) atoms. The molecular formula is C14H15NSe. The van der Waals surface area contributed by atoms with E-state index in [2.05, 4.69) is 42.5 Å². The summed E-state index contributed by atoms with van der Waals surface area (Å²) in [6.07, 6.45) is 0. The van der Waals surface area contributed by atoms with Crippen LogP contribution in [0.5, 0.6) is 0 Å². The average Bonchev–Trinajstić information content (AvgIpc) is 2.38. The van der Waals surface area contributed by atoms with Gasteiger partial charge in [0.2, 0.25) is 0 Å². The van der Waals surface area contributed by atoms with E-state index in [1.165, 1.54) is 10.0 Å². The zero-order chi connectivity index (χ0) is 11.2. The van der Waals surface area contributed by atoms with Crippen LogP contribution >= 0.6 is 0 Å². The minimum absolute atomic E-state index is 0.168. The van der Waals surface area contributed by atoms with Crippen LogP contribution in [0, 0.1) is 0 Å². The maximum absolute atomic E-state index is 6.16. The van der Waals surface area contributed by atoms with Crippen molar-refractivity contribution in [1.82, 2.24) is 0 Å². The third-order valence-corrected chi connectivity index (χ3v) is 4.77. The molecule has 1 nitrogen and oxygen atoms in total. The predicted molar refractivity (Wildman–Crippen MR) is 70.0 cm³/mol. The molecule has 0 radical (unpaired) electrons. The molecule has 0 unspecified atom stereocenters. The fourth-order valence-electron chi connectivity index (χ4n) is 1.50. The van der Waals surface area contributed by atoms with Crippen LogP contribution in [-0.4, -0.2) is 15.0 Å². The minimum atomic E-state index is 0.168. The zero-order valence-corrected chi connectivity index (χ0v) is 10.8. The molecule has 0 bridgehead atoms. The van der Waals surface area contributed by atoms with Crippen molar-refractivity contribution in [3.63, 3.8) is 0 Å². The van der Waals surface area contributed by atoms with Gasteiger partial charge in [0.05, 0.1) is 0 Å². The van der Waals surface area contributed by atoms with Gasteiger partial charge in [-0.15, -0.1) is 0 Å². The second-order valence-corrected chi connectivity index (χ2v) is 5.94. The van der Waals surface area contributed by atoms with Crippen molar-refractivity contribution in [2.24, 2.45) is 5.73 Å². The van der Waals surface area contributed by atoms with Gasteiger partial charge in [0.15, 0.2) is 0 Å². The van der Waals surface area contributed by atoms with Gasteiger partial charge in [-0.1, -0.05) is 0 Å². The Bertz CT molecular complexity index is 413. The quantitative estimate of drug-likeness (QED) is 0.851. The molecule has 2 N–H and O–H groups in total. The Hall–Kier alpha value is -1.08. The summed E-state index contributed by atoms with van der Waals surface area (Å²) >= 11 is 0.469. The van der Waals surface area contributed by atoms with Gasteiger partial charge in [0.25, 0.3) is 0 Å². The Kier molecular flexibility index (Phi) is 4.17. The summed E-state index contributed by atoms with van der Waals surface area (Å²) in [6.45, 7) is 0. The first kappa shape index (κ1) is 11.4. The Morgan fingerprint density at radius 3 is 2.06 bits per heavy atom. The molecule has 0 fully saturated rings. The van der Waals surface area contributed by atoms with E-state index >= 15 is 0 Å². The average molecular weight is 276 g/mol. The van der Waals surface area contributed by atoms with Crippen LogP contribution in [0.25, 0.3) is 0 Å². The molecule has 0 saturated carbocycles. The Morgan fingerprint density at radius 1 is 0.875 bits per heavy atom. The summed E-state index contributed by atoms with van der Waals surface area (Å²) < 4.78 is 1.42. The molecule has 0 aliphatic carbocycles. The molecule has 0 spiro atoms. The molecular weight excluding hydrogens is 261 g/mol. The van der Waals surface area contributed by atoms with E-state index in [4.69, 9.17) is 5.73 Å². The topological polar surface area (TPSA) is 26.0 Å². The molecule has 0 saturated heterocycles. The van der Waals surface area contributed by atoms with Gasteiger partial charge >= 0.3 is 103 Å². The summed E-state index contributed by atoms with van der Waals surface area (Å²) in [7, 11) is 0. The van der Waals surface area contributed by atoms with Crippen molar-refractivity contribution < 1.29 is 0 Å². The number of hydrogen-bond acceptors (Lipinski definition) is 1. The monoisotopic (exact) mass is 277 g/mol. The van der Waals surface area contributed by atoms with E-state index in [1.54, 1.807) is 0 Å². The van der Waals surface area contributed by atoms with E-state index in [-0.39, 0.29) is 6.04 Å². The standard InChI is InChI=1S/C14H15NSe/c15-14(12-7-3-1-4-8-12)11-16-13-9-5-2-6-10-13/h1-10,14H,11,15H2/t14-/m0/s1. The molecule has 2 heteroatoms. The molecule has 2 aromatic carbocycles. The molecule has 1 atom stereocenters. The first-order chi connectivity index (χ1) is 7.86. The molecule has 0 heterocycles. The third-order valence-electron chi connectivity index (χ3n) is 2.40. The summed E-state index contributed by atoms with van der Waals surface area (Å²) in [5, 5.41) is 1.06. The van der Waals surface area contributed by atoms with E-state index in [0.29, 0.717) is 15.0 Å². The van der Waals surface area contributed by atoms with Crippen molar-refractivity contribution in [3.8, 4) is 0 Å². The van der Waals surface area contributed by atoms with E-state index in [1.807, 2.05) is 18.2 Å². The van der Waals surface area contributed by atoms with Crippen molar-refractivity contribution in [2.75, 3.05) is 0 Å². The molecule has 2 rings (SSSR count). The Labute approximate surface area is 103 Å². The van der Waals surface area contributed by atoms with Crippen molar-refractivity contribution in [2.45, 2.75) is 11.4 Å². The van der Waals surface area contributed by atoms with Gasteiger partial charge < -0.3 is 0 Å². The van der Waals surface area contributed by atoms with E-state index in [0.717, 1.165) is 5.32 Å². The first-order valence-electron chi connectivity index (χ1n) is 5.34. The Morgan fingerprint density at radius 2 is 1.44 bits per heavy atom. The fourth-order valence-corrected chi connectivity index (χ4v) is 3.42. The van der Waals surface area contributed by atoms with Gasteiger partial charge in [0, 0.05) is 0 Å².